The number of nitrogens with zero attached hydrogens (tertiary/aromatic N) is 1. The van der Waals surface area contributed by atoms with Gasteiger partial charge >= 0.3 is 12.0 Å². The summed E-state index contributed by atoms with van der Waals surface area (Å²) >= 11 is 1.58. The minimum atomic E-state index is -0.663. The molecule has 2 aliphatic rings. The van der Waals surface area contributed by atoms with Gasteiger partial charge in [0.15, 0.2) is 0 Å². The molecule has 2 N–H and O–H groups in total. The molecule has 0 aliphatic carbocycles. The molecule has 154 valence electrons. The number of hydrogen-bond donors (Lipinski definition) is 2. The van der Waals surface area contributed by atoms with Crippen LogP contribution in [0.25, 0.3) is 0 Å². The molecule has 0 aromatic heterocycles. The number of anilines is 1. The van der Waals surface area contributed by atoms with Crippen LogP contribution in [0.2, 0.25) is 0 Å². The highest BCUT2D eigenvalue weighted by molar-refractivity contribution is 7.98. The van der Waals surface area contributed by atoms with Crippen molar-refractivity contribution in [2.45, 2.75) is 10.9 Å². The highest BCUT2D eigenvalue weighted by Gasteiger charge is 2.42. The number of thioether (sulfide) groups is 1. The number of benzene rings is 2. The molecule has 0 saturated carbocycles. The average Bonchev–Trinajstić information content (AvgIpc) is 3.13. The molecular weight excluding hydrogens is 409 g/mol. The molecule has 1 unspecified atom stereocenters. The summed E-state index contributed by atoms with van der Waals surface area (Å²) in [6, 6.07) is 12.0. The maximum absolute atomic E-state index is 13.8. The van der Waals surface area contributed by atoms with E-state index < -0.39 is 29.8 Å². The molecule has 0 radical (unpaired) electrons. The minimum absolute atomic E-state index is 0.0135. The van der Waals surface area contributed by atoms with Crippen molar-refractivity contribution in [3.05, 3.63) is 71.2 Å². The molecule has 7 nitrogen and oxygen atoms in total. The molecule has 30 heavy (non-hydrogen) atoms. The lowest BCUT2D eigenvalue weighted by atomic mass is 9.96. The average molecular weight is 427 g/mol. The van der Waals surface area contributed by atoms with Crippen LogP contribution in [0.15, 0.2) is 64.7 Å². The fourth-order valence-corrected chi connectivity index (χ4v) is 3.83. The van der Waals surface area contributed by atoms with E-state index in [4.69, 9.17) is 4.74 Å². The smallest absolute Gasteiger partial charge is 0.338 e. The van der Waals surface area contributed by atoms with Crippen molar-refractivity contribution in [3.8, 4) is 0 Å². The Morgan fingerprint density at radius 2 is 1.97 bits per heavy atom. The number of halogens is 1. The van der Waals surface area contributed by atoms with Gasteiger partial charge in [-0.2, -0.15) is 0 Å². The van der Waals surface area contributed by atoms with E-state index in [-0.39, 0.29) is 18.8 Å². The van der Waals surface area contributed by atoms with Crippen LogP contribution in [0.1, 0.15) is 11.6 Å². The van der Waals surface area contributed by atoms with Crippen molar-refractivity contribution in [2.24, 2.45) is 0 Å². The van der Waals surface area contributed by atoms with Crippen molar-refractivity contribution in [3.63, 3.8) is 0 Å². The van der Waals surface area contributed by atoms with E-state index in [2.05, 4.69) is 10.6 Å². The fourth-order valence-electron chi connectivity index (χ4n) is 3.42. The lowest BCUT2D eigenvalue weighted by molar-refractivity contribution is -0.136. The molecule has 0 saturated heterocycles. The van der Waals surface area contributed by atoms with Gasteiger partial charge in [-0.3, -0.25) is 9.69 Å². The van der Waals surface area contributed by atoms with Gasteiger partial charge in [-0.05, 0) is 36.1 Å². The van der Waals surface area contributed by atoms with Crippen LogP contribution < -0.4 is 10.6 Å². The Kier molecular flexibility index (Phi) is 5.45. The van der Waals surface area contributed by atoms with Crippen molar-refractivity contribution in [1.82, 2.24) is 10.2 Å². The van der Waals surface area contributed by atoms with Gasteiger partial charge in [-0.25, -0.2) is 14.0 Å². The third kappa shape index (κ3) is 3.76. The summed E-state index contributed by atoms with van der Waals surface area (Å²) in [6.45, 7) is -0.484. The molecule has 0 spiro atoms. The molecule has 0 fully saturated rings. The SMILES string of the molecule is CSc1ccc(C2NC(=O)N(CC(=O)Nc3ccccc3F)C3=C2C(=O)OC3)cc1. The molecule has 2 aliphatic heterocycles. The number of carbonyl (C=O) groups excluding carboxylic acids is 3. The first-order valence-corrected chi connectivity index (χ1v) is 10.4. The van der Waals surface area contributed by atoms with Gasteiger partial charge in [0.25, 0.3) is 0 Å². The van der Waals surface area contributed by atoms with Crippen LogP contribution in [0.5, 0.6) is 0 Å². The molecule has 4 rings (SSSR count). The van der Waals surface area contributed by atoms with Crippen LogP contribution in [0.3, 0.4) is 0 Å². The molecule has 2 heterocycles. The number of ether oxygens (including phenoxy) is 1. The number of urea groups is 1. The number of cyclic esters (lactones) is 1. The lowest BCUT2D eigenvalue weighted by Crippen LogP contribution is -2.49. The van der Waals surface area contributed by atoms with Crippen molar-refractivity contribution < 1.29 is 23.5 Å². The maximum Gasteiger partial charge on any atom is 0.338 e. The Balaban J connectivity index is 1.59. The number of para-hydroxylation sites is 1. The van der Waals surface area contributed by atoms with Gasteiger partial charge in [0.2, 0.25) is 5.91 Å². The molecule has 1 atom stereocenters. The van der Waals surface area contributed by atoms with E-state index in [0.29, 0.717) is 11.3 Å². The quantitative estimate of drug-likeness (QED) is 0.566. The van der Waals surface area contributed by atoms with Gasteiger partial charge in [0.1, 0.15) is 19.0 Å². The monoisotopic (exact) mass is 427 g/mol. The summed E-state index contributed by atoms with van der Waals surface area (Å²) < 4.78 is 18.9. The topological polar surface area (TPSA) is 87.7 Å². The zero-order valence-electron chi connectivity index (χ0n) is 16.0. The van der Waals surface area contributed by atoms with E-state index in [1.807, 2.05) is 30.5 Å². The van der Waals surface area contributed by atoms with Gasteiger partial charge < -0.3 is 15.4 Å². The number of amides is 3. The Labute approximate surface area is 176 Å². The third-order valence-electron chi connectivity index (χ3n) is 4.90. The van der Waals surface area contributed by atoms with E-state index in [1.165, 1.54) is 18.2 Å². The van der Waals surface area contributed by atoms with Gasteiger partial charge in [0.05, 0.1) is 23.0 Å². The van der Waals surface area contributed by atoms with E-state index in [0.717, 1.165) is 15.4 Å². The first-order valence-electron chi connectivity index (χ1n) is 9.14. The van der Waals surface area contributed by atoms with Gasteiger partial charge in [0, 0.05) is 4.90 Å². The number of nitrogens with one attached hydrogen (secondary N) is 2. The standard InChI is InChI=1S/C21H18FN3O4S/c1-30-13-8-6-12(7-9-13)19-18-16(11-29-20(18)27)25(21(28)24-19)10-17(26)23-15-5-3-2-4-14(15)22/h2-9,19H,10-11H2,1H3,(H,23,26)(H,24,28). The summed E-state index contributed by atoms with van der Waals surface area (Å²) in [5.41, 5.74) is 1.39. The summed E-state index contributed by atoms with van der Waals surface area (Å²) in [4.78, 5) is 39.8. The van der Waals surface area contributed by atoms with E-state index >= 15 is 0 Å². The number of carbonyl (C=O) groups is 3. The third-order valence-corrected chi connectivity index (χ3v) is 5.64. The summed E-state index contributed by atoms with van der Waals surface area (Å²) in [6.07, 6.45) is 1.95. The molecule has 9 heteroatoms. The summed E-state index contributed by atoms with van der Waals surface area (Å²) in [5, 5.41) is 5.21. The Morgan fingerprint density at radius 3 is 2.67 bits per heavy atom. The Bertz CT molecular complexity index is 1050. The number of esters is 1. The first-order chi connectivity index (χ1) is 14.5. The first kappa shape index (κ1) is 20.0. The van der Waals surface area contributed by atoms with Crippen molar-refractivity contribution in [1.29, 1.82) is 0 Å². The number of rotatable bonds is 5. The zero-order valence-corrected chi connectivity index (χ0v) is 16.8. The van der Waals surface area contributed by atoms with E-state index in [1.54, 1.807) is 17.8 Å². The van der Waals surface area contributed by atoms with Gasteiger partial charge in [-0.1, -0.05) is 24.3 Å². The second-order valence-electron chi connectivity index (χ2n) is 6.71. The zero-order chi connectivity index (χ0) is 21.3. The normalized spacial score (nSPS) is 18.1. The fraction of sp³-hybridized carbons (Fsp3) is 0.190. The Morgan fingerprint density at radius 1 is 1.23 bits per heavy atom. The van der Waals surface area contributed by atoms with Crippen LogP contribution in [0, 0.1) is 5.82 Å². The van der Waals surface area contributed by atoms with Crippen LogP contribution in [-0.2, 0) is 14.3 Å². The van der Waals surface area contributed by atoms with Crippen LogP contribution >= 0.6 is 11.8 Å². The molecule has 0 bridgehead atoms. The maximum atomic E-state index is 13.8. The summed E-state index contributed by atoms with van der Waals surface area (Å²) in [7, 11) is 0. The highest BCUT2D eigenvalue weighted by Crippen LogP contribution is 2.35. The summed E-state index contributed by atoms with van der Waals surface area (Å²) in [5.74, 6) is -1.71. The second kappa shape index (κ2) is 8.19. The van der Waals surface area contributed by atoms with Crippen LogP contribution in [0.4, 0.5) is 14.9 Å². The predicted octanol–water partition coefficient (Wildman–Crippen LogP) is 3.06. The molecule has 2 aromatic rings. The molecule has 2 aromatic carbocycles. The van der Waals surface area contributed by atoms with Crippen molar-refractivity contribution in [2.75, 3.05) is 24.7 Å². The molecule has 3 amide bonds. The predicted molar refractivity (Wildman–Crippen MR) is 109 cm³/mol. The molecular formula is C21H18FN3O4S. The highest BCUT2D eigenvalue weighted by atomic mass is 32.2. The lowest BCUT2D eigenvalue weighted by Gasteiger charge is -2.32. The largest absolute Gasteiger partial charge is 0.456 e. The van der Waals surface area contributed by atoms with Crippen LogP contribution in [-0.4, -0.2) is 42.2 Å². The van der Waals surface area contributed by atoms with Gasteiger partial charge in [-0.15, -0.1) is 11.8 Å². The van der Waals surface area contributed by atoms with Crippen molar-refractivity contribution >= 4 is 35.4 Å². The second-order valence-corrected chi connectivity index (χ2v) is 7.59. The number of hydrogen-bond acceptors (Lipinski definition) is 5. The Hall–Kier alpha value is -3.33. The minimum Gasteiger partial charge on any atom is -0.456 e. The van der Waals surface area contributed by atoms with E-state index in [9.17, 15) is 18.8 Å².